The molecule has 3 rings (SSSR count). The summed E-state index contributed by atoms with van der Waals surface area (Å²) < 4.78 is 1.14. The van der Waals surface area contributed by atoms with Gasteiger partial charge in [-0.05, 0) is 36.5 Å². The van der Waals surface area contributed by atoms with Gasteiger partial charge < -0.3 is 4.48 Å². The molecule has 1 unspecified atom stereocenters. The standard InChI is InChI=1S/C13H26N/c1-13(2)11-7-6-10(12(13)8-11)9-14(3,4)5/h10-12H,6-9H2,1-5H3/q+1/t10?,11-,12-/m0/s1. The van der Waals surface area contributed by atoms with Crippen LogP contribution in [0.4, 0.5) is 0 Å². The van der Waals surface area contributed by atoms with E-state index in [1.165, 1.54) is 25.8 Å². The SMILES string of the molecule is CC1(C)[C@H]2CCC(C[N+](C)(C)C)[C@@H]1C2. The zero-order valence-electron chi connectivity index (χ0n) is 10.5. The first kappa shape index (κ1) is 10.5. The monoisotopic (exact) mass is 196 g/mol. The Bertz CT molecular complexity index is 222. The molecule has 14 heavy (non-hydrogen) atoms. The van der Waals surface area contributed by atoms with Gasteiger partial charge in [-0.3, -0.25) is 0 Å². The van der Waals surface area contributed by atoms with Crippen molar-refractivity contribution >= 4 is 0 Å². The number of nitrogens with zero attached hydrogens (tertiary/aromatic N) is 1. The third kappa shape index (κ3) is 1.60. The minimum Gasteiger partial charge on any atom is -0.331 e. The molecule has 0 radical (unpaired) electrons. The molecule has 0 aromatic heterocycles. The highest BCUT2D eigenvalue weighted by molar-refractivity contribution is 5.03. The molecule has 1 nitrogen and oxygen atoms in total. The fourth-order valence-electron chi connectivity index (χ4n) is 3.88. The number of rotatable bonds is 2. The average Bonchev–Trinajstić information content (AvgIpc) is 2.00. The minimum atomic E-state index is 0.665. The number of fused-ring (bicyclic) bond motifs is 2. The maximum atomic E-state index is 2.49. The van der Waals surface area contributed by atoms with E-state index in [-0.39, 0.29) is 0 Å². The molecule has 3 saturated carbocycles. The van der Waals surface area contributed by atoms with Crippen LogP contribution < -0.4 is 0 Å². The Morgan fingerprint density at radius 2 is 1.79 bits per heavy atom. The highest BCUT2D eigenvalue weighted by Gasteiger charge is 2.54. The van der Waals surface area contributed by atoms with Crippen molar-refractivity contribution in [2.45, 2.75) is 33.1 Å². The Balaban J connectivity index is 2.01. The lowest BCUT2D eigenvalue weighted by Crippen LogP contribution is -2.56. The van der Waals surface area contributed by atoms with E-state index in [9.17, 15) is 0 Å². The Morgan fingerprint density at radius 3 is 2.21 bits per heavy atom. The summed E-state index contributed by atoms with van der Waals surface area (Å²) in [5.41, 5.74) is 0.665. The maximum Gasteiger partial charge on any atom is 0.0811 e. The molecule has 2 bridgehead atoms. The van der Waals surface area contributed by atoms with Gasteiger partial charge >= 0.3 is 0 Å². The summed E-state index contributed by atoms with van der Waals surface area (Å²) in [6.45, 7) is 6.36. The van der Waals surface area contributed by atoms with Crippen LogP contribution in [0.3, 0.4) is 0 Å². The van der Waals surface area contributed by atoms with Crippen molar-refractivity contribution in [3.8, 4) is 0 Å². The van der Waals surface area contributed by atoms with Crippen LogP contribution in [0.25, 0.3) is 0 Å². The predicted octanol–water partition coefficient (Wildman–Crippen LogP) is 2.76. The van der Waals surface area contributed by atoms with Gasteiger partial charge in [0.1, 0.15) is 0 Å². The molecule has 0 amide bonds. The van der Waals surface area contributed by atoms with E-state index in [4.69, 9.17) is 0 Å². The first-order valence-corrected chi connectivity index (χ1v) is 6.11. The fraction of sp³-hybridized carbons (Fsp3) is 1.00. The van der Waals surface area contributed by atoms with Crippen LogP contribution in [0.15, 0.2) is 0 Å². The smallest absolute Gasteiger partial charge is 0.0811 e. The van der Waals surface area contributed by atoms with E-state index in [0.717, 1.165) is 22.2 Å². The largest absolute Gasteiger partial charge is 0.331 e. The number of hydrogen-bond donors (Lipinski definition) is 0. The predicted molar refractivity (Wildman–Crippen MR) is 61.0 cm³/mol. The number of quaternary nitrogens is 1. The van der Waals surface area contributed by atoms with Gasteiger partial charge in [0.2, 0.25) is 0 Å². The normalized spacial score (nSPS) is 40.5. The van der Waals surface area contributed by atoms with Crippen molar-refractivity contribution in [2.24, 2.45) is 23.2 Å². The quantitative estimate of drug-likeness (QED) is 0.596. The van der Waals surface area contributed by atoms with Gasteiger partial charge in [0, 0.05) is 5.92 Å². The molecule has 1 heteroatoms. The number of hydrogen-bond acceptors (Lipinski definition) is 0. The molecular weight excluding hydrogens is 170 g/mol. The summed E-state index contributed by atoms with van der Waals surface area (Å²) in [5, 5.41) is 0. The zero-order chi connectivity index (χ0) is 10.6. The highest BCUT2D eigenvalue weighted by atomic mass is 15.3. The lowest BCUT2D eigenvalue weighted by molar-refractivity contribution is -0.875. The minimum absolute atomic E-state index is 0.665. The Labute approximate surface area is 89.1 Å². The van der Waals surface area contributed by atoms with Crippen LogP contribution in [0.2, 0.25) is 0 Å². The molecular formula is C13H26N+. The van der Waals surface area contributed by atoms with Crippen LogP contribution in [0.5, 0.6) is 0 Å². The van der Waals surface area contributed by atoms with Crippen LogP contribution in [-0.4, -0.2) is 32.2 Å². The van der Waals surface area contributed by atoms with E-state index >= 15 is 0 Å². The molecule has 3 fully saturated rings. The Morgan fingerprint density at radius 1 is 1.14 bits per heavy atom. The second-order valence-electron chi connectivity index (χ2n) is 7.17. The van der Waals surface area contributed by atoms with Gasteiger partial charge in [0.25, 0.3) is 0 Å². The molecule has 3 aliphatic carbocycles. The topological polar surface area (TPSA) is 0 Å². The molecule has 0 N–H and O–H groups in total. The first-order valence-electron chi connectivity index (χ1n) is 6.11. The third-order valence-electron chi connectivity index (χ3n) is 4.78. The molecule has 0 aromatic rings. The highest BCUT2D eigenvalue weighted by Crippen LogP contribution is 2.61. The molecule has 82 valence electrons. The van der Waals surface area contributed by atoms with Gasteiger partial charge in [-0.1, -0.05) is 13.8 Å². The maximum absolute atomic E-state index is 2.49. The lowest BCUT2D eigenvalue weighted by Gasteiger charge is -2.60. The van der Waals surface area contributed by atoms with Crippen molar-refractivity contribution in [1.82, 2.24) is 0 Å². The van der Waals surface area contributed by atoms with Crippen LogP contribution in [0, 0.1) is 23.2 Å². The van der Waals surface area contributed by atoms with Gasteiger partial charge in [-0.2, -0.15) is 0 Å². The summed E-state index contributed by atoms with van der Waals surface area (Å²) in [6, 6.07) is 0. The average molecular weight is 196 g/mol. The van der Waals surface area contributed by atoms with E-state index in [0.29, 0.717) is 5.41 Å². The van der Waals surface area contributed by atoms with Crippen LogP contribution in [0.1, 0.15) is 33.1 Å². The van der Waals surface area contributed by atoms with Gasteiger partial charge in [-0.25, -0.2) is 0 Å². The van der Waals surface area contributed by atoms with Crippen molar-refractivity contribution in [2.75, 3.05) is 27.7 Å². The molecule has 0 aromatic carbocycles. The van der Waals surface area contributed by atoms with Gasteiger partial charge in [0.05, 0.1) is 27.7 Å². The van der Waals surface area contributed by atoms with Crippen LogP contribution in [-0.2, 0) is 0 Å². The van der Waals surface area contributed by atoms with Crippen molar-refractivity contribution in [3.63, 3.8) is 0 Å². The van der Waals surface area contributed by atoms with Gasteiger partial charge in [-0.15, -0.1) is 0 Å². The van der Waals surface area contributed by atoms with E-state index < -0.39 is 0 Å². The summed E-state index contributed by atoms with van der Waals surface area (Å²) >= 11 is 0. The first-order chi connectivity index (χ1) is 6.31. The van der Waals surface area contributed by atoms with E-state index in [1.54, 1.807) is 0 Å². The molecule has 0 saturated heterocycles. The van der Waals surface area contributed by atoms with Crippen LogP contribution >= 0.6 is 0 Å². The second-order valence-corrected chi connectivity index (χ2v) is 7.17. The summed E-state index contributed by atoms with van der Waals surface area (Å²) in [4.78, 5) is 0. The molecule has 3 aliphatic rings. The summed E-state index contributed by atoms with van der Waals surface area (Å²) in [6.07, 6.45) is 4.51. The summed E-state index contributed by atoms with van der Waals surface area (Å²) in [5.74, 6) is 3.07. The third-order valence-corrected chi connectivity index (χ3v) is 4.78. The molecule has 0 aliphatic heterocycles. The molecule has 3 atom stereocenters. The molecule has 0 spiro atoms. The van der Waals surface area contributed by atoms with E-state index in [2.05, 4.69) is 35.0 Å². The van der Waals surface area contributed by atoms with Gasteiger partial charge in [0.15, 0.2) is 0 Å². The van der Waals surface area contributed by atoms with Crippen molar-refractivity contribution < 1.29 is 4.48 Å². The summed E-state index contributed by atoms with van der Waals surface area (Å²) in [7, 11) is 6.99. The lowest BCUT2D eigenvalue weighted by atomic mass is 9.45. The van der Waals surface area contributed by atoms with E-state index in [1.807, 2.05) is 0 Å². The zero-order valence-corrected chi connectivity index (χ0v) is 10.5. The van der Waals surface area contributed by atoms with Crippen molar-refractivity contribution in [1.29, 1.82) is 0 Å². The Hall–Kier alpha value is -0.0400. The fourth-order valence-corrected chi connectivity index (χ4v) is 3.88. The second kappa shape index (κ2) is 2.98. The molecule has 0 heterocycles. The Kier molecular flexibility index (Phi) is 2.23. The van der Waals surface area contributed by atoms with Crippen molar-refractivity contribution in [3.05, 3.63) is 0 Å².